The Balaban J connectivity index is 0. The molecule has 21 heavy (non-hydrogen) atoms. The zero-order chi connectivity index (χ0) is 15.8. The monoisotopic (exact) mass is 302 g/mol. The number of nitriles is 2. The van der Waals surface area contributed by atoms with Gasteiger partial charge in [-0.1, -0.05) is 0 Å². The molecule has 108 valence electrons. The maximum absolute atomic E-state index is 10.5. The minimum atomic E-state index is -1.40. The van der Waals surface area contributed by atoms with Gasteiger partial charge in [0.15, 0.2) is 11.5 Å². The third-order valence-corrected chi connectivity index (χ3v) is 2.47. The van der Waals surface area contributed by atoms with Crippen LogP contribution in [0.25, 0.3) is 0 Å². The van der Waals surface area contributed by atoms with Crippen molar-refractivity contribution < 1.29 is 49.4 Å². The van der Waals surface area contributed by atoms with Gasteiger partial charge >= 0.3 is 35.5 Å². The molecule has 0 rings (SSSR count). The first kappa shape index (κ1) is 21.7. The molecule has 0 spiro atoms. The second-order valence-electron chi connectivity index (χ2n) is 4.61. The number of aliphatic carboxylic acids is 2. The fourth-order valence-electron chi connectivity index (χ4n) is 1.09. The molecule has 2 atom stereocenters. The van der Waals surface area contributed by atoms with Crippen molar-refractivity contribution in [2.75, 3.05) is 0 Å². The van der Waals surface area contributed by atoms with Gasteiger partial charge < -0.3 is 10.2 Å². The van der Waals surface area contributed by atoms with E-state index in [-0.39, 0.29) is 48.8 Å². The second-order valence-corrected chi connectivity index (χ2v) is 4.61. The summed E-state index contributed by atoms with van der Waals surface area (Å²) < 4.78 is 0. The molecule has 0 bridgehead atoms. The maximum Gasteiger partial charge on any atom is 1.00 e. The molecule has 0 aliphatic carbocycles. The van der Waals surface area contributed by atoms with Crippen molar-refractivity contribution in [1.29, 1.82) is 10.5 Å². The van der Waals surface area contributed by atoms with Crippen molar-refractivity contribution >= 4 is 11.9 Å². The third kappa shape index (κ3) is 9.03. The Hall–Kier alpha value is -1.61. The molecule has 0 aliphatic rings. The van der Waals surface area contributed by atoms with Crippen molar-refractivity contribution in [3.05, 3.63) is 6.42 Å². The Morgan fingerprint density at radius 3 is 2.00 bits per heavy atom. The smallest absolute Gasteiger partial charge is 0.503 e. The van der Waals surface area contributed by atoms with E-state index in [0.717, 1.165) is 6.42 Å². The van der Waals surface area contributed by atoms with Crippen molar-refractivity contribution in [2.24, 2.45) is 10.2 Å². The summed E-state index contributed by atoms with van der Waals surface area (Å²) in [5.74, 6) is -2.25. The van der Waals surface area contributed by atoms with E-state index >= 15 is 0 Å². The minimum absolute atomic E-state index is 0. The van der Waals surface area contributed by atoms with Crippen LogP contribution < -0.4 is 29.6 Å². The van der Waals surface area contributed by atoms with Crippen LogP contribution in [0.4, 0.5) is 0 Å². The summed E-state index contributed by atoms with van der Waals surface area (Å²) >= 11 is 0. The first-order valence-corrected chi connectivity index (χ1v) is 5.71. The molecule has 9 heteroatoms. The molecule has 0 saturated carbocycles. The molecule has 0 aromatic rings. The van der Waals surface area contributed by atoms with E-state index in [1.165, 1.54) is 13.8 Å². The summed E-state index contributed by atoms with van der Waals surface area (Å²) in [4.78, 5) is 20.9. The second kappa shape index (κ2) is 9.35. The normalized spacial score (nSPS) is 15.6. The zero-order valence-corrected chi connectivity index (χ0v) is 14.2. The molecule has 2 N–H and O–H groups in total. The van der Waals surface area contributed by atoms with Gasteiger partial charge in [-0.3, -0.25) is 16.0 Å². The van der Waals surface area contributed by atoms with Crippen molar-refractivity contribution in [1.82, 2.24) is 0 Å². The molecule has 0 fully saturated rings. The number of carboxylic acid groups (broad SMARTS) is 2. The van der Waals surface area contributed by atoms with E-state index in [9.17, 15) is 9.59 Å². The zero-order valence-electron chi connectivity index (χ0n) is 12.2. The van der Waals surface area contributed by atoms with E-state index < -0.39 is 23.0 Å². The number of carboxylic acids is 2. The number of rotatable bonds is 8. The van der Waals surface area contributed by atoms with Gasteiger partial charge in [-0.25, -0.2) is 0 Å². The number of hydrogen-bond acceptors (Lipinski definition) is 6. The van der Waals surface area contributed by atoms with Crippen LogP contribution in [-0.4, -0.2) is 33.2 Å². The molecule has 0 aromatic carbocycles. The Kier molecular flexibility index (Phi) is 9.65. The molecule has 0 heterocycles. The molecule has 0 amide bonds. The van der Waals surface area contributed by atoms with Crippen LogP contribution in [-0.2, 0) is 9.59 Å². The first-order chi connectivity index (χ1) is 9.16. The average Bonchev–Trinajstić information content (AvgIpc) is 2.41. The van der Waals surface area contributed by atoms with Gasteiger partial charge in [0.05, 0.1) is 12.1 Å². The van der Waals surface area contributed by atoms with Crippen LogP contribution in [0, 0.1) is 29.1 Å². The SMILES string of the molecule is CC(C#N)(C[CH-]C(=O)O)N=NC(C)(C#N)CCC(=O)O.[Na+]. The molecular weight excluding hydrogens is 287 g/mol. The number of nitrogens with zero attached hydrogens (tertiary/aromatic N) is 4. The van der Waals surface area contributed by atoms with Gasteiger partial charge in [0.1, 0.15) is 5.54 Å². The molecular formula is C12H15N4NaO4. The summed E-state index contributed by atoms with van der Waals surface area (Å²) in [6.45, 7) is 2.78. The number of carbonyl (C=O) groups is 2. The fourth-order valence-corrected chi connectivity index (χ4v) is 1.09. The Morgan fingerprint density at radius 2 is 1.62 bits per heavy atom. The maximum atomic E-state index is 10.5. The van der Waals surface area contributed by atoms with Crippen molar-refractivity contribution in [3.8, 4) is 12.1 Å². The first-order valence-electron chi connectivity index (χ1n) is 5.71. The Morgan fingerprint density at radius 1 is 1.14 bits per heavy atom. The van der Waals surface area contributed by atoms with Gasteiger partial charge in [-0.2, -0.15) is 20.8 Å². The minimum Gasteiger partial charge on any atom is -0.503 e. The number of azo groups is 1. The van der Waals surface area contributed by atoms with Gasteiger partial charge in [-0.05, 0) is 20.3 Å². The van der Waals surface area contributed by atoms with Crippen LogP contribution in [0.15, 0.2) is 10.2 Å². The third-order valence-electron chi connectivity index (χ3n) is 2.47. The topological polar surface area (TPSA) is 147 Å². The molecule has 8 nitrogen and oxygen atoms in total. The number of hydrogen-bond donors (Lipinski definition) is 2. The summed E-state index contributed by atoms with van der Waals surface area (Å²) in [5, 5.41) is 42.6. The van der Waals surface area contributed by atoms with Crippen LogP contribution in [0.5, 0.6) is 0 Å². The van der Waals surface area contributed by atoms with E-state index in [2.05, 4.69) is 10.2 Å². The predicted octanol–water partition coefficient (Wildman–Crippen LogP) is -1.45. The molecule has 0 radical (unpaired) electrons. The van der Waals surface area contributed by atoms with Crippen molar-refractivity contribution in [2.45, 2.75) is 44.2 Å². The molecule has 0 saturated heterocycles. The summed E-state index contributed by atoms with van der Waals surface area (Å²) in [5.41, 5.74) is -2.76. The quantitative estimate of drug-likeness (QED) is 0.318. The molecule has 0 aromatic heterocycles. The van der Waals surface area contributed by atoms with Gasteiger partial charge in [0.2, 0.25) is 0 Å². The van der Waals surface area contributed by atoms with Gasteiger partial charge in [-0.15, -0.1) is 6.42 Å². The van der Waals surface area contributed by atoms with Crippen LogP contribution in [0.1, 0.15) is 33.1 Å². The summed E-state index contributed by atoms with van der Waals surface area (Å²) in [6.07, 6.45) is 0.409. The Labute approximate surface area is 144 Å². The van der Waals surface area contributed by atoms with E-state index in [1.807, 2.05) is 12.1 Å². The Bertz CT molecular complexity index is 452. The fraction of sp³-hybridized carbons (Fsp3) is 0.583. The van der Waals surface area contributed by atoms with Crippen molar-refractivity contribution in [3.63, 3.8) is 0 Å². The summed E-state index contributed by atoms with van der Waals surface area (Å²) in [7, 11) is 0. The van der Waals surface area contributed by atoms with E-state index in [4.69, 9.17) is 20.7 Å². The van der Waals surface area contributed by atoms with Crippen LogP contribution in [0.2, 0.25) is 0 Å². The van der Waals surface area contributed by atoms with Crippen LogP contribution >= 0.6 is 0 Å². The molecule has 0 aliphatic heterocycles. The molecule has 2 unspecified atom stereocenters. The van der Waals surface area contributed by atoms with Gasteiger partial charge in [0, 0.05) is 6.42 Å². The van der Waals surface area contributed by atoms with E-state index in [0.29, 0.717) is 0 Å². The largest absolute Gasteiger partial charge is 1.00 e. The van der Waals surface area contributed by atoms with Crippen LogP contribution in [0.3, 0.4) is 0 Å². The van der Waals surface area contributed by atoms with Gasteiger partial charge in [0.25, 0.3) is 0 Å². The summed E-state index contributed by atoms with van der Waals surface area (Å²) in [6, 6.07) is 3.65. The predicted molar refractivity (Wildman–Crippen MR) is 66.3 cm³/mol. The average molecular weight is 302 g/mol. The van der Waals surface area contributed by atoms with E-state index in [1.54, 1.807) is 0 Å². The standard InChI is InChI=1S/C12H15N4O4.Na/c1-11(7-13,5-3-9(17)18)15-16-12(2,8-14)6-4-10(19)20;/h3H,4-6H2,1-2H3,(H,17,18)(H,19,20);/q-1;+1.